The van der Waals surface area contributed by atoms with Gasteiger partial charge in [0.1, 0.15) is 6.29 Å². The van der Waals surface area contributed by atoms with Crippen molar-refractivity contribution >= 4 is 6.29 Å². The smallest absolute Gasteiger partial charge is 0.231 e. The average Bonchev–Trinajstić information content (AvgIpc) is 2.64. The summed E-state index contributed by atoms with van der Waals surface area (Å²) in [6, 6.07) is 5.78. The van der Waals surface area contributed by atoms with Crippen LogP contribution in [-0.2, 0) is 11.2 Å². The zero-order chi connectivity index (χ0) is 9.97. The second-order valence-electron chi connectivity index (χ2n) is 3.51. The molecular weight excluding hydrogens is 180 g/mol. The summed E-state index contributed by atoms with van der Waals surface area (Å²) in [4.78, 5) is 10.5. The Morgan fingerprint density at radius 2 is 2.21 bits per heavy atom. The second kappa shape index (κ2) is 3.70. The van der Waals surface area contributed by atoms with Gasteiger partial charge in [-0.3, -0.25) is 0 Å². The molecular formula is C11H12O3. The molecule has 0 aromatic heterocycles. The summed E-state index contributed by atoms with van der Waals surface area (Å²) in [6.45, 7) is 2.19. The van der Waals surface area contributed by atoms with Gasteiger partial charge < -0.3 is 14.3 Å². The normalized spacial score (nSPS) is 15.2. The molecule has 1 aromatic rings. The molecule has 1 aromatic carbocycles. The number of benzene rings is 1. The fourth-order valence-electron chi connectivity index (χ4n) is 1.49. The molecule has 2 rings (SSSR count). The summed E-state index contributed by atoms with van der Waals surface area (Å²) in [7, 11) is 0. The molecule has 0 fully saturated rings. The van der Waals surface area contributed by atoms with Crippen molar-refractivity contribution in [3.05, 3.63) is 23.8 Å². The SMILES string of the molecule is C[C@@H](C=O)Cc1ccc2c(c1)OCO2. The summed E-state index contributed by atoms with van der Waals surface area (Å²) in [5, 5.41) is 0. The van der Waals surface area contributed by atoms with Crippen molar-refractivity contribution in [2.24, 2.45) is 5.92 Å². The predicted molar refractivity (Wildman–Crippen MR) is 51.5 cm³/mol. The van der Waals surface area contributed by atoms with Crippen LogP contribution in [0.25, 0.3) is 0 Å². The Morgan fingerprint density at radius 3 is 3.00 bits per heavy atom. The molecule has 14 heavy (non-hydrogen) atoms. The summed E-state index contributed by atoms with van der Waals surface area (Å²) in [5.74, 6) is 1.61. The first-order valence-corrected chi connectivity index (χ1v) is 4.63. The van der Waals surface area contributed by atoms with Crippen molar-refractivity contribution in [1.82, 2.24) is 0 Å². The molecule has 0 spiro atoms. The fraction of sp³-hybridized carbons (Fsp3) is 0.364. The standard InChI is InChI=1S/C11H12O3/c1-8(6-12)4-9-2-3-10-11(5-9)14-7-13-10/h2-3,5-6,8H,4,7H2,1H3/t8-/m1/s1. The average molecular weight is 192 g/mol. The van der Waals surface area contributed by atoms with Crippen molar-refractivity contribution in [2.75, 3.05) is 6.79 Å². The molecule has 1 aliphatic heterocycles. The molecule has 1 aliphatic rings. The molecule has 0 radical (unpaired) electrons. The molecule has 0 unspecified atom stereocenters. The van der Waals surface area contributed by atoms with Gasteiger partial charge in [-0.2, -0.15) is 0 Å². The van der Waals surface area contributed by atoms with E-state index in [9.17, 15) is 4.79 Å². The first-order valence-electron chi connectivity index (χ1n) is 4.63. The number of carbonyl (C=O) groups is 1. The third-order valence-corrected chi connectivity index (χ3v) is 2.23. The zero-order valence-corrected chi connectivity index (χ0v) is 8.03. The summed E-state index contributed by atoms with van der Waals surface area (Å²) in [5.41, 5.74) is 1.11. The van der Waals surface area contributed by atoms with Crippen molar-refractivity contribution in [2.45, 2.75) is 13.3 Å². The Hall–Kier alpha value is -1.51. The molecule has 74 valence electrons. The molecule has 1 atom stereocenters. The highest BCUT2D eigenvalue weighted by Crippen LogP contribution is 2.32. The molecule has 1 heterocycles. The zero-order valence-electron chi connectivity index (χ0n) is 8.03. The molecule has 3 heteroatoms. The molecule has 0 saturated carbocycles. The second-order valence-corrected chi connectivity index (χ2v) is 3.51. The minimum atomic E-state index is 0.0513. The Bertz CT molecular complexity index is 346. The molecule has 0 amide bonds. The first kappa shape index (κ1) is 9.06. The van der Waals surface area contributed by atoms with Crippen LogP contribution in [0.3, 0.4) is 0 Å². The van der Waals surface area contributed by atoms with Crippen LogP contribution in [0.2, 0.25) is 0 Å². The number of hydrogen-bond acceptors (Lipinski definition) is 3. The Kier molecular flexibility index (Phi) is 2.39. The van der Waals surface area contributed by atoms with E-state index in [1.165, 1.54) is 0 Å². The molecule has 0 aliphatic carbocycles. The lowest BCUT2D eigenvalue weighted by Crippen LogP contribution is -2.00. The van der Waals surface area contributed by atoms with E-state index < -0.39 is 0 Å². The maximum atomic E-state index is 10.5. The minimum absolute atomic E-state index is 0.0513. The van der Waals surface area contributed by atoms with Gasteiger partial charge in [-0.15, -0.1) is 0 Å². The Morgan fingerprint density at radius 1 is 1.43 bits per heavy atom. The van der Waals surface area contributed by atoms with E-state index in [1.807, 2.05) is 25.1 Å². The van der Waals surface area contributed by atoms with Gasteiger partial charge in [-0.05, 0) is 24.1 Å². The molecule has 0 bridgehead atoms. The monoisotopic (exact) mass is 192 g/mol. The van der Waals surface area contributed by atoms with E-state index in [2.05, 4.69) is 0 Å². The molecule has 3 nitrogen and oxygen atoms in total. The molecule has 0 N–H and O–H groups in total. The van der Waals surface area contributed by atoms with Gasteiger partial charge in [0.05, 0.1) is 0 Å². The fourth-order valence-corrected chi connectivity index (χ4v) is 1.49. The van der Waals surface area contributed by atoms with Crippen LogP contribution < -0.4 is 9.47 Å². The van der Waals surface area contributed by atoms with Crippen LogP contribution in [0.15, 0.2) is 18.2 Å². The van der Waals surface area contributed by atoms with E-state index in [0.29, 0.717) is 6.79 Å². The first-order chi connectivity index (χ1) is 6.79. The van der Waals surface area contributed by atoms with Crippen LogP contribution in [0, 0.1) is 5.92 Å². The van der Waals surface area contributed by atoms with E-state index in [0.717, 1.165) is 29.8 Å². The van der Waals surface area contributed by atoms with Crippen LogP contribution >= 0.6 is 0 Å². The van der Waals surface area contributed by atoms with Gasteiger partial charge in [-0.25, -0.2) is 0 Å². The maximum Gasteiger partial charge on any atom is 0.231 e. The lowest BCUT2D eigenvalue weighted by molar-refractivity contribution is -0.110. The van der Waals surface area contributed by atoms with Crippen LogP contribution in [0.5, 0.6) is 11.5 Å². The molecule has 0 saturated heterocycles. The maximum absolute atomic E-state index is 10.5. The third-order valence-electron chi connectivity index (χ3n) is 2.23. The van der Waals surface area contributed by atoms with Crippen LogP contribution in [0.4, 0.5) is 0 Å². The van der Waals surface area contributed by atoms with Crippen molar-refractivity contribution in [3.63, 3.8) is 0 Å². The van der Waals surface area contributed by atoms with Crippen LogP contribution in [-0.4, -0.2) is 13.1 Å². The van der Waals surface area contributed by atoms with Crippen molar-refractivity contribution in [1.29, 1.82) is 0 Å². The highest BCUT2D eigenvalue weighted by atomic mass is 16.7. The van der Waals surface area contributed by atoms with Crippen molar-refractivity contribution < 1.29 is 14.3 Å². The third kappa shape index (κ3) is 1.71. The summed E-state index contributed by atoms with van der Waals surface area (Å²) >= 11 is 0. The summed E-state index contributed by atoms with van der Waals surface area (Å²) in [6.07, 6.45) is 1.71. The van der Waals surface area contributed by atoms with Gasteiger partial charge in [0, 0.05) is 5.92 Å². The van der Waals surface area contributed by atoms with Gasteiger partial charge >= 0.3 is 0 Å². The number of rotatable bonds is 3. The predicted octanol–water partition coefficient (Wildman–Crippen LogP) is 1.79. The lowest BCUT2D eigenvalue weighted by atomic mass is 10.0. The van der Waals surface area contributed by atoms with Gasteiger partial charge in [-0.1, -0.05) is 13.0 Å². The van der Waals surface area contributed by atoms with Gasteiger partial charge in [0.25, 0.3) is 0 Å². The van der Waals surface area contributed by atoms with E-state index in [-0.39, 0.29) is 5.92 Å². The number of aldehydes is 1. The topological polar surface area (TPSA) is 35.5 Å². The number of fused-ring (bicyclic) bond motifs is 1. The van der Waals surface area contributed by atoms with E-state index >= 15 is 0 Å². The number of hydrogen-bond donors (Lipinski definition) is 0. The highest BCUT2D eigenvalue weighted by Gasteiger charge is 2.13. The van der Waals surface area contributed by atoms with Gasteiger partial charge in [0.2, 0.25) is 6.79 Å². The van der Waals surface area contributed by atoms with Gasteiger partial charge in [0.15, 0.2) is 11.5 Å². The summed E-state index contributed by atoms with van der Waals surface area (Å²) < 4.78 is 10.4. The lowest BCUT2D eigenvalue weighted by Gasteiger charge is -2.04. The quantitative estimate of drug-likeness (QED) is 0.685. The number of ether oxygens (including phenoxy) is 2. The Labute approximate surface area is 82.6 Å². The Balaban J connectivity index is 2.16. The van der Waals surface area contributed by atoms with E-state index in [1.54, 1.807) is 0 Å². The van der Waals surface area contributed by atoms with Crippen molar-refractivity contribution in [3.8, 4) is 11.5 Å². The minimum Gasteiger partial charge on any atom is -0.454 e. The number of carbonyl (C=O) groups excluding carboxylic acids is 1. The van der Waals surface area contributed by atoms with Crippen LogP contribution in [0.1, 0.15) is 12.5 Å². The van der Waals surface area contributed by atoms with E-state index in [4.69, 9.17) is 9.47 Å². The highest BCUT2D eigenvalue weighted by molar-refractivity contribution is 5.54. The largest absolute Gasteiger partial charge is 0.454 e.